The molecule has 5 nitrogen and oxygen atoms in total. The van der Waals surface area contributed by atoms with Gasteiger partial charge in [0.1, 0.15) is 4.90 Å². The molecule has 2 rings (SSSR count). The second-order valence-electron chi connectivity index (χ2n) is 6.88. The van der Waals surface area contributed by atoms with Crippen molar-refractivity contribution in [2.24, 2.45) is 5.92 Å². The van der Waals surface area contributed by atoms with E-state index in [0.717, 1.165) is 10.7 Å². The monoisotopic (exact) mass is 454 g/mol. The summed E-state index contributed by atoms with van der Waals surface area (Å²) in [4.78, 5) is 12.3. The highest BCUT2D eigenvalue weighted by Crippen LogP contribution is 2.30. The van der Waals surface area contributed by atoms with Crippen molar-refractivity contribution in [1.82, 2.24) is 5.32 Å². The molecule has 1 N–H and O–H groups in total. The first kappa shape index (κ1) is 23.3. The van der Waals surface area contributed by atoms with Gasteiger partial charge in [0.15, 0.2) is 0 Å². The number of nitrogens with one attached hydrogen (secondary N) is 1. The number of rotatable bonds is 9. The topological polar surface area (TPSA) is 66.5 Å². The summed E-state index contributed by atoms with van der Waals surface area (Å²) in [6.07, 6.45) is 2.30. The molecule has 0 aliphatic rings. The molecule has 0 heterocycles. The lowest BCUT2D eigenvalue weighted by atomic mass is 10.1. The van der Waals surface area contributed by atoms with Gasteiger partial charge in [0.05, 0.1) is 17.3 Å². The lowest BCUT2D eigenvalue weighted by Crippen LogP contribution is -2.32. The summed E-state index contributed by atoms with van der Waals surface area (Å²) in [7, 11) is -4.04. The number of halogens is 2. The van der Waals surface area contributed by atoms with Crippen LogP contribution in [0.25, 0.3) is 0 Å². The number of sulfonamides is 1. The Kier molecular flexibility index (Phi) is 8.14. The average molecular weight is 455 g/mol. The third-order valence-corrected chi connectivity index (χ3v) is 6.71. The van der Waals surface area contributed by atoms with Crippen molar-refractivity contribution >= 4 is 44.8 Å². The van der Waals surface area contributed by atoms with Crippen LogP contribution >= 0.6 is 23.2 Å². The van der Waals surface area contributed by atoms with Crippen LogP contribution in [0.5, 0.6) is 0 Å². The summed E-state index contributed by atoms with van der Waals surface area (Å²) in [5.74, 6) is 0.101. The predicted octanol–water partition coefficient (Wildman–Crippen LogP) is 5.15. The lowest BCUT2D eigenvalue weighted by molar-refractivity contribution is 0.0952. The number of amides is 1. The number of anilines is 1. The summed E-state index contributed by atoms with van der Waals surface area (Å²) >= 11 is 12.1. The molecule has 0 spiro atoms. The number of carbonyl (C=O) groups is 1. The van der Waals surface area contributed by atoms with Crippen LogP contribution in [0.3, 0.4) is 0 Å². The molecular weight excluding hydrogens is 431 g/mol. The standard InChI is InChI=1S/C21H24Cl2N2O3S/c1-4-13-25(18-8-6-17(22)7-9-18)29(27,28)20-14-16(5-10-19(20)23)21(26)24-12-11-15(2)3/h4-10,14-15H,1,11-13H2,2-3H3,(H,24,26). The molecule has 2 aromatic rings. The van der Waals surface area contributed by atoms with E-state index in [9.17, 15) is 13.2 Å². The maximum absolute atomic E-state index is 13.3. The summed E-state index contributed by atoms with van der Waals surface area (Å²) < 4.78 is 27.8. The molecule has 0 aliphatic heterocycles. The third kappa shape index (κ3) is 5.98. The van der Waals surface area contributed by atoms with Crippen molar-refractivity contribution in [1.29, 1.82) is 0 Å². The van der Waals surface area contributed by atoms with E-state index in [1.54, 1.807) is 24.3 Å². The Morgan fingerprint density at radius 1 is 1.17 bits per heavy atom. The van der Waals surface area contributed by atoms with Gasteiger partial charge in [0.25, 0.3) is 15.9 Å². The summed E-state index contributed by atoms with van der Waals surface area (Å²) in [6.45, 7) is 8.30. The Bertz CT molecular complexity index is 974. The minimum atomic E-state index is -4.04. The van der Waals surface area contributed by atoms with Gasteiger partial charge in [-0.2, -0.15) is 0 Å². The molecule has 0 aromatic heterocycles. The van der Waals surface area contributed by atoms with Crippen LogP contribution in [0.4, 0.5) is 5.69 Å². The zero-order valence-corrected chi connectivity index (χ0v) is 18.7. The van der Waals surface area contributed by atoms with Gasteiger partial charge in [-0.1, -0.05) is 43.1 Å². The van der Waals surface area contributed by atoms with Crippen LogP contribution in [-0.4, -0.2) is 27.4 Å². The second-order valence-corrected chi connectivity index (χ2v) is 9.56. The fraction of sp³-hybridized carbons (Fsp3) is 0.286. The highest BCUT2D eigenvalue weighted by Gasteiger charge is 2.27. The Balaban J connectivity index is 2.40. The predicted molar refractivity (Wildman–Crippen MR) is 119 cm³/mol. The maximum atomic E-state index is 13.3. The van der Waals surface area contributed by atoms with E-state index in [4.69, 9.17) is 23.2 Å². The van der Waals surface area contributed by atoms with Gasteiger partial charge in [-0.25, -0.2) is 8.42 Å². The molecule has 0 atom stereocenters. The van der Waals surface area contributed by atoms with Gasteiger partial charge < -0.3 is 5.32 Å². The number of carbonyl (C=O) groups excluding carboxylic acids is 1. The molecule has 2 aromatic carbocycles. The highest BCUT2D eigenvalue weighted by atomic mass is 35.5. The first-order valence-electron chi connectivity index (χ1n) is 9.13. The highest BCUT2D eigenvalue weighted by molar-refractivity contribution is 7.93. The smallest absolute Gasteiger partial charge is 0.266 e. The van der Waals surface area contributed by atoms with Crippen molar-refractivity contribution in [2.45, 2.75) is 25.2 Å². The van der Waals surface area contributed by atoms with E-state index < -0.39 is 10.0 Å². The Morgan fingerprint density at radius 3 is 2.41 bits per heavy atom. The quantitative estimate of drug-likeness (QED) is 0.532. The lowest BCUT2D eigenvalue weighted by Gasteiger charge is -2.24. The van der Waals surface area contributed by atoms with Crippen molar-refractivity contribution < 1.29 is 13.2 Å². The molecule has 8 heteroatoms. The second kappa shape index (κ2) is 10.1. The Hall–Kier alpha value is -2.02. The molecule has 156 valence electrons. The first-order valence-corrected chi connectivity index (χ1v) is 11.3. The van der Waals surface area contributed by atoms with Gasteiger partial charge in [0.2, 0.25) is 0 Å². The SMILES string of the molecule is C=CCN(c1ccc(Cl)cc1)S(=O)(=O)c1cc(C(=O)NCCC(C)C)ccc1Cl. The third-order valence-electron chi connectivity index (χ3n) is 4.18. The molecule has 0 bridgehead atoms. The van der Waals surface area contributed by atoms with Gasteiger partial charge in [-0.15, -0.1) is 6.58 Å². The minimum Gasteiger partial charge on any atom is -0.352 e. The summed E-state index contributed by atoms with van der Waals surface area (Å²) in [5.41, 5.74) is 0.642. The molecule has 0 saturated carbocycles. The van der Waals surface area contributed by atoms with Crippen molar-refractivity contribution in [3.05, 3.63) is 70.7 Å². The van der Waals surface area contributed by atoms with Crippen molar-refractivity contribution in [2.75, 3.05) is 17.4 Å². The molecule has 0 saturated heterocycles. The molecule has 0 aliphatic carbocycles. The normalized spacial score (nSPS) is 11.3. The fourth-order valence-electron chi connectivity index (χ4n) is 2.60. The molecule has 0 unspecified atom stereocenters. The maximum Gasteiger partial charge on any atom is 0.266 e. The minimum absolute atomic E-state index is 0.0328. The largest absolute Gasteiger partial charge is 0.352 e. The van der Waals surface area contributed by atoms with Gasteiger partial charge in [-0.05, 0) is 54.8 Å². The number of hydrogen-bond donors (Lipinski definition) is 1. The van der Waals surface area contributed by atoms with E-state index in [2.05, 4.69) is 25.7 Å². The van der Waals surface area contributed by atoms with Crippen LogP contribution in [0, 0.1) is 5.92 Å². The van der Waals surface area contributed by atoms with E-state index in [-0.39, 0.29) is 27.9 Å². The average Bonchev–Trinajstić information content (AvgIpc) is 2.66. The van der Waals surface area contributed by atoms with E-state index in [0.29, 0.717) is 23.2 Å². The van der Waals surface area contributed by atoms with Crippen LogP contribution < -0.4 is 9.62 Å². The molecular formula is C21H24Cl2N2O3S. The van der Waals surface area contributed by atoms with Gasteiger partial charge in [0, 0.05) is 17.1 Å². The zero-order valence-electron chi connectivity index (χ0n) is 16.4. The zero-order chi connectivity index (χ0) is 21.6. The Labute approximate surface area is 182 Å². The van der Waals surface area contributed by atoms with Gasteiger partial charge in [-0.3, -0.25) is 9.10 Å². The Morgan fingerprint density at radius 2 is 1.83 bits per heavy atom. The van der Waals surface area contributed by atoms with Crippen LogP contribution in [0.1, 0.15) is 30.6 Å². The van der Waals surface area contributed by atoms with Gasteiger partial charge >= 0.3 is 0 Å². The van der Waals surface area contributed by atoms with Crippen LogP contribution in [0.15, 0.2) is 60.0 Å². The summed E-state index contributed by atoms with van der Waals surface area (Å²) in [6, 6.07) is 10.6. The van der Waals surface area contributed by atoms with Crippen molar-refractivity contribution in [3.8, 4) is 0 Å². The van der Waals surface area contributed by atoms with Crippen LogP contribution in [-0.2, 0) is 10.0 Å². The van der Waals surface area contributed by atoms with Crippen molar-refractivity contribution in [3.63, 3.8) is 0 Å². The molecule has 0 radical (unpaired) electrons. The van der Waals surface area contributed by atoms with E-state index >= 15 is 0 Å². The molecule has 1 amide bonds. The fourth-order valence-corrected chi connectivity index (χ4v) is 4.67. The number of nitrogens with zero attached hydrogens (tertiary/aromatic N) is 1. The van der Waals surface area contributed by atoms with E-state index in [1.807, 2.05) is 0 Å². The molecule has 29 heavy (non-hydrogen) atoms. The molecule has 0 fully saturated rings. The first-order chi connectivity index (χ1) is 13.7. The van der Waals surface area contributed by atoms with E-state index in [1.165, 1.54) is 24.3 Å². The number of benzene rings is 2. The number of hydrogen-bond acceptors (Lipinski definition) is 3. The summed E-state index contributed by atoms with van der Waals surface area (Å²) in [5, 5.41) is 3.32. The van der Waals surface area contributed by atoms with Crippen LogP contribution in [0.2, 0.25) is 10.0 Å².